The molecule has 142 valence electrons. The molecule has 1 fully saturated rings. The Morgan fingerprint density at radius 1 is 1.04 bits per heavy atom. The third-order valence-corrected chi connectivity index (χ3v) is 4.52. The van der Waals surface area contributed by atoms with Crippen LogP contribution in [0.3, 0.4) is 0 Å². The summed E-state index contributed by atoms with van der Waals surface area (Å²) in [6.07, 6.45) is -1.09. The Balaban J connectivity index is 1.75. The van der Waals surface area contributed by atoms with Crippen LogP contribution in [0, 0.1) is 0 Å². The number of pyridine rings is 1. The van der Waals surface area contributed by atoms with E-state index in [9.17, 15) is 24.9 Å². The summed E-state index contributed by atoms with van der Waals surface area (Å²) in [6, 6.07) is 9.29. The summed E-state index contributed by atoms with van der Waals surface area (Å²) in [5.41, 5.74) is 1.19. The number of carbonyl (C=O) groups excluding carboxylic acids is 1. The maximum absolute atomic E-state index is 12.5. The summed E-state index contributed by atoms with van der Waals surface area (Å²) in [7, 11) is 0. The van der Waals surface area contributed by atoms with Gasteiger partial charge in [0.1, 0.15) is 12.2 Å². The largest absolute Gasteiger partial charge is 0.478 e. The van der Waals surface area contributed by atoms with Crippen LogP contribution in [-0.2, 0) is 11.2 Å². The average Bonchev–Trinajstić information content (AvgIpc) is 2.97. The Labute approximate surface area is 154 Å². The van der Waals surface area contributed by atoms with E-state index in [1.807, 2.05) is 0 Å². The fourth-order valence-corrected chi connectivity index (χ4v) is 2.99. The molecule has 0 saturated carbocycles. The van der Waals surface area contributed by atoms with Gasteiger partial charge in [-0.1, -0.05) is 12.1 Å². The second-order valence-electron chi connectivity index (χ2n) is 6.37. The normalized spacial score (nSPS) is 24.7. The van der Waals surface area contributed by atoms with Gasteiger partial charge in [0.25, 0.3) is 6.23 Å². The minimum Gasteiger partial charge on any atom is -0.478 e. The lowest BCUT2D eigenvalue weighted by molar-refractivity contribution is -0.765. The van der Waals surface area contributed by atoms with Crippen LogP contribution < -0.4 is 4.57 Å². The molecule has 4 atom stereocenters. The van der Waals surface area contributed by atoms with E-state index in [1.54, 1.807) is 30.5 Å². The van der Waals surface area contributed by atoms with Crippen LogP contribution in [-0.4, -0.2) is 57.1 Å². The lowest BCUT2D eigenvalue weighted by atomic mass is 10.0. The first-order chi connectivity index (χ1) is 12.9. The standard InChI is InChI=1S/C19H19NO7/c21-10-15-16(23)17(24)18(27-15)20-7-1-2-13(9-20)14(22)8-11-3-5-12(6-4-11)19(25)26/h1-7,9,15-18,21,23-24H,8,10H2/p+1/t15-,16-,17-,18-/m1/s1. The van der Waals surface area contributed by atoms with Crippen LogP contribution in [0.1, 0.15) is 32.5 Å². The van der Waals surface area contributed by atoms with Gasteiger partial charge in [0.15, 0.2) is 24.3 Å². The first-order valence-corrected chi connectivity index (χ1v) is 8.39. The van der Waals surface area contributed by atoms with Crippen molar-refractivity contribution in [2.75, 3.05) is 6.61 Å². The van der Waals surface area contributed by atoms with Crippen LogP contribution in [0.15, 0.2) is 48.8 Å². The molecule has 0 amide bonds. The second kappa shape index (κ2) is 7.93. The molecule has 0 radical (unpaired) electrons. The average molecular weight is 374 g/mol. The molecule has 0 spiro atoms. The predicted octanol–water partition coefficient (Wildman–Crippen LogP) is -0.291. The topological polar surface area (TPSA) is 128 Å². The van der Waals surface area contributed by atoms with Gasteiger partial charge in [0.2, 0.25) is 0 Å². The molecule has 0 bridgehead atoms. The van der Waals surface area contributed by atoms with Crippen molar-refractivity contribution in [2.24, 2.45) is 0 Å². The Morgan fingerprint density at radius 3 is 2.33 bits per heavy atom. The van der Waals surface area contributed by atoms with E-state index in [4.69, 9.17) is 9.84 Å². The maximum Gasteiger partial charge on any atom is 0.335 e. The third-order valence-electron chi connectivity index (χ3n) is 4.52. The lowest BCUT2D eigenvalue weighted by Crippen LogP contribution is -2.46. The number of aliphatic hydroxyl groups is 3. The number of carboxylic acid groups (broad SMARTS) is 1. The minimum absolute atomic E-state index is 0.0832. The van der Waals surface area contributed by atoms with E-state index in [1.165, 1.54) is 22.9 Å². The molecule has 0 unspecified atom stereocenters. The number of Topliss-reactive ketones (excluding diaryl/α,β-unsaturated/α-hetero) is 1. The van der Waals surface area contributed by atoms with Crippen molar-refractivity contribution < 1.29 is 39.3 Å². The van der Waals surface area contributed by atoms with E-state index >= 15 is 0 Å². The van der Waals surface area contributed by atoms with Crippen LogP contribution in [0.4, 0.5) is 0 Å². The molecule has 1 aromatic carbocycles. The molecule has 1 aromatic heterocycles. The Bertz CT molecular complexity index is 836. The van der Waals surface area contributed by atoms with Crippen LogP contribution in [0.2, 0.25) is 0 Å². The van der Waals surface area contributed by atoms with Gasteiger partial charge in [-0.15, -0.1) is 0 Å². The molecule has 2 heterocycles. The summed E-state index contributed by atoms with van der Waals surface area (Å²) in [5.74, 6) is -1.23. The fraction of sp³-hybridized carbons (Fsp3) is 0.316. The molecule has 8 nitrogen and oxygen atoms in total. The molecule has 2 aromatic rings. The van der Waals surface area contributed by atoms with Crippen molar-refractivity contribution in [3.8, 4) is 0 Å². The number of benzene rings is 1. The fourth-order valence-electron chi connectivity index (χ4n) is 2.99. The number of carboxylic acids is 1. The summed E-state index contributed by atoms with van der Waals surface area (Å²) in [5, 5.41) is 38.1. The summed E-state index contributed by atoms with van der Waals surface area (Å²) >= 11 is 0. The zero-order chi connectivity index (χ0) is 19.6. The van der Waals surface area contributed by atoms with Gasteiger partial charge in [-0.2, -0.15) is 4.57 Å². The van der Waals surface area contributed by atoms with Crippen LogP contribution >= 0.6 is 0 Å². The van der Waals surface area contributed by atoms with Gasteiger partial charge < -0.3 is 25.2 Å². The number of aliphatic hydroxyl groups excluding tert-OH is 3. The van der Waals surface area contributed by atoms with Crippen LogP contribution in [0.5, 0.6) is 0 Å². The van der Waals surface area contributed by atoms with Crippen LogP contribution in [0.25, 0.3) is 0 Å². The third kappa shape index (κ3) is 4.04. The van der Waals surface area contributed by atoms with Gasteiger partial charge in [-0.05, 0) is 23.8 Å². The van der Waals surface area contributed by atoms with E-state index in [0.29, 0.717) is 11.1 Å². The first kappa shape index (κ1) is 19.1. The summed E-state index contributed by atoms with van der Waals surface area (Å²) in [4.78, 5) is 23.4. The molecule has 3 rings (SSSR count). The Hall–Kier alpha value is -2.65. The quantitative estimate of drug-likeness (QED) is 0.404. The number of ether oxygens (including phenoxy) is 1. The van der Waals surface area contributed by atoms with E-state index < -0.39 is 37.1 Å². The number of carbonyl (C=O) groups is 2. The Kier molecular flexibility index (Phi) is 5.62. The number of nitrogens with zero attached hydrogens (tertiary/aromatic N) is 1. The van der Waals surface area contributed by atoms with Crippen molar-refractivity contribution in [3.05, 3.63) is 65.5 Å². The number of hydrogen-bond acceptors (Lipinski definition) is 6. The van der Waals surface area contributed by atoms with Gasteiger partial charge in [-0.3, -0.25) is 4.79 Å². The molecule has 4 N–H and O–H groups in total. The number of rotatable bonds is 6. The smallest absolute Gasteiger partial charge is 0.335 e. The molecule has 1 saturated heterocycles. The molecule has 27 heavy (non-hydrogen) atoms. The summed E-state index contributed by atoms with van der Waals surface area (Å²) in [6.45, 7) is -0.430. The highest BCUT2D eigenvalue weighted by Crippen LogP contribution is 2.25. The van der Waals surface area contributed by atoms with Gasteiger partial charge in [0.05, 0.1) is 17.7 Å². The SMILES string of the molecule is O=C(O)c1ccc(CC(=O)c2ccc[n+]([C@@H]3O[C@H](CO)[C@@H](O)[C@H]3O)c2)cc1. The van der Waals surface area contributed by atoms with E-state index in [-0.39, 0.29) is 17.8 Å². The van der Waals surface area contributed by atoms with E-state index in [0.717, 1.165) is 0 Å². The first-order valence-electron chi connectivity index (χ1n) is 8.39. The molecule has 8 heteroatoms. The second-order valence-corrected chi connectivity index (χ2v) is 6.37. The highest BCUT2D eigenvalue weighted by Gasteiger charge is 2.47. The van der Waals surface area contributed by atoms with Crippen molar-refractivity contribution in [1.82, 2.24) is 0 Å². The van der Waals surface area contributed by atoms with Gasteiger partial charge in [-0.25, -0.2) is 4.79 Å². The van der Waals surface area contributed by atoms with Crippen molar-refractivity contribution in [2.45, 2.75) is 31.0 Å². The highest BCUT2D eigenvalue weighted by molar-refractivity contribution is 5.97. The molecular weight excluding hydrogens is 354 g/mol. The number of aromatic nitrogens is 1. The van der Waals surface area contributed by atoms with Crippen molar-refractivity contribution in [3.63, 3.8) is 0 Å². The monoisotopic (exact) mass is 374 g/mol. The number of hydrogen-bond donors (Lipinski definition) is 4. The summed E-state index contributed by atoms with van der Waals surface area (Å²) < 4.78 is 6.93. The van der Waals surface area contributed by atoms with E-state index in [2.05, 4.69) is 0 Å². The van der Waals surface area contributed by atoms with Crippen molar-refractivity contribution >= 4 is 11.8 Å². The zero-order valence-corrected chi connectivity index (χ0v) is 14.3. The molecule has 1 aliphatic heterocycles. The Morgan fingerprint density at radius 2 is 1.74 bits per heavy atom. The predicted molar refractivity (Wildman–Crippen MR) is 91.1 cm³/mol. The number of ketones is 1. The van der Waals surface area contributed by atoms with Gasteiger partial charge >= 0.3 is 5.97 Å². The molecular formula is C19H20NO7+. The minimum atomic E-state index is -1.24. The molecule has 1 aliphatic rings. The lowest BCUT2D eigenvalue weighted by Gasteiger charge is -2.10. The highest BCUT2D eigenvalue weighted by atomic mass is 16.6. The maximum atomic E-state index is 12.5. The number of aromatic carboxylic acids is 1. The zero-order valence-electron chi connectivity index (χ0n) is 14.3. The molecule has 0 aliphatic carbocycles. The van der Waals surface area contributed by atoms with Gasteiger partial charge in [0, 0.05) is 12.5 Å². The van der Waals surface area contributed by atoms with Crippen molar-refractivity contribution in [1.29, 1.82) is 0 Å².